The first kappa shape index (κ1) is 13.9. The van der Waals surface area contributed by atoms with E-state index >= 15 is 0 Å². The summed E-state index contributed by atoms with van der Waals surface area (Å²) in [6, 6.07) is 12.5. The number of hydrogen-bond donors (Lipinski definition) is 1. The average Bonchev–Trinajstić information content (AvgIpc) is 2.47. The lowest BCUT2D eigenvalue weighted by atomic mass is 10.3. The van der Waals surface area contributed by atoms with Gasteiger partial charge in [-0.05, 0) is 36.4 Å². The predicted molar refractivity (Wildman–Crippen MR) is 73.5 cm³/mol. The Morgan fingerprint density at radius 1 is 1.15 bits per heavy atom. The number of methoxy groups -OCH3 is 1. The zero-order valence-corrected chi connectivity index (χ0v) is 10.9. The number of ether oxygens (including phenoxy) is 2. The molecule has 0 aliphatic carbocycles. The summed E-state index contributed by atoms with van der Waals surface area (Å²) >= 11 is 0. The number of rotatable bonds is 5. The molecule has 1 N–H and O–H groups in total. The molecule has 5 heteroatoms. The zero-order chi connectivity index (χ0) is 14.4. The second kappa shape index (κ2) is 6.56. The molecule has 0 fully saturated rings. The van der Waals surface area contributed by atoms with E-state index in [9.17, 15) is 9.18 Å². The minimum absolute atomic E-state index is 0.163. The Morgan fingerprint density at radius 3 is 2.55 bits per heavy atom. The molecular weight excluding hydrogens is 261 g/mol. The van der Waals surface area contributed by atoms with E-state index in [1.807, 2.05) is 6.07 Å². The first-order chi connectivity index (χ1) is 9.69. The van der Waals surface area contributed by atoms with Gasteiger partial charge >= 0.3 is 0 Å². The first-order valence-corrected chi connectivity index (χ1v) is 6.00. The van der Waals surface area contributed by atoms with Crippen LogP contribution < -0.4 is 14.8 Å². The van der Waals surface area contributed by atoms with Crippen LogP contribution in [0.4, 0.5) is 10.1 Å². The van der Waals surface area contributed by atoms with Crippen molar-refractivity contribution >= 4 is 11.6 Å². The number of carbonyl (C=O) groups excluding carboxylic acids is 1. The van der Waals surface area contributed by atoms with Gasteiger partial charge in [0.15, 0.2) is 6.61 Å². The molecule has 0 spiro atoms. The van der Waals surface area contributed by atoms with Gasteiger partial charge in [-0.15, -0.1) is 0 Å². The van der Waals surface area contributed by atoms with Crippen LogP contribution in [0.15, 0.2) is 48.5 Å². The van der Waals surface area contributed by atoms with Crippen LogP contribution in [0.1, 0.15) is 0 Å². The van der Waals surface area contributed by atoms with Crippen LogP contribution in [0.5, 0.6) is 11.5 Å². The normalized spacial score (nSPS) is 9.90. The van der Waals surface area contributed by atoms with Gasteiger partial charge in [-0.2, -0.15) is 0 Å². The van der Waals surface area contributed by atoms with Crippen LogP contribution in [0, 0.1) is 5.82 Å². The maximum atomic E-state index is 12.7. The maximum Gasteiger partial charge on any atom is 0.262 e. The highest BCUT2D eigenvalue weighted by Crippen LogP contribution is 2.22. The van der Waals surface area contributed by atoms with Crippen molar-refractivity contribution in [2.24, 2.45) is 0 Å². The fourth-order valence-electron chi connectivity index (χ4n) is 1.61. The van der Waals surface area contributed by atoms with Crippen molar-refractivity contribution in [1.29, 1.82) is 0 Å². The fraction of sp³-hybridized carbons (Fsp3) is 0.133. The standard InChI is InChI=1S/C15H14FNO3/c1-19-14-5-3-2-4-13(14)17-15(18)10-20-12-8-6-11(16)7-9-12/h2-9H,10H2,1H3,(H,17,18). The summed E-state index contributed by atoms with van der Waals surface area (Å²) in [5, 5.41) is 2.68. The van der Waals surface area contributed by atoms with Gasteiger partial charge in [-0.25, -0.2) is 4.39 Å². The van der Waals surface area contributed by atoms with Crippen LogP contribution in [0.2, 0.25) is 0 Å². The van der Waals surface area contributed by atoms with Gasteiger partial charge < -0.3 is 14.8 Å². The van der Waals surface area contributed by atoms with E-state index in [4.69, 9.17) is 9.47 Å². The number of hydrogen-bond acceptors (Lipinski definition) is 3. The van der Waals surface area contributed by atoms with Gasteiger partial charge in [0.05, 0.1) is 12.8 Å². The topological polar surface area (TPSA) is 47.6 Å². The van der Waals surface area contributed by atoms with Gasteiger partial charge in [0.25, 0.3) is 5.91 Å². The molecule has 0 radical (unpaired) electrons. The lowest BCUT2D eigenvalue weighted by molar-refractivity contribution is -0.118. The molecule has 4 nitrogen and oxygen atoms in total. The lowest BCUT2D eigenvalue weighted by Gasteiger charge is -2.10. The molecule has 0 heterocycles. The van der Waals surface area contributed by atoms with Crippen molar-refractivity contribution in [2.75, 3.05) is 19.0 Å². The predicted octanol–water partition coefficient (Wildman–Crippen LogP) is 2.85. The smallest absolute Gasteiger partial charge is 0.262 e. The quantitative estimate of drug-likeness (QED) is 0.912. The highest BCUT2D eigenvalue weighted by Gasteiger charge is 2.07. The van der Waals surface area contributed by atoms with Crippen molar-refractivity contribution in [2.45, 2.75) is 0 Å². The molecule has 2 aromatic rings. The van der Waals surface area contributed by atoms with Crippen LogP contribution >= 0.6 is 0 Å². The van der Waals surface area contributed by atoms with E-state index in [0.29, 0.717) is 17.2 Å². The lowest BCUT2D eigenvalue weighted by Crippen LogP contribution is -2.20. The molecule has 104 valence electrons. The SMILES string of the molecule is COc1ccccc1NC(=O)COc1ccc(F)cc1. The van der Waals surface area contributed by atoms with E-state index in [0.717, 1.165) is 0 Å². The highest BCUT2D eigenvalue weighted by molar-refractivity contribution is 5.93. The fourth-order valence-corrected chi connectivity index (χ4v) is 1.61. The third-order valence-corrected chi connectivity index (χ3v) is 2.56. The molecule has 1 amide bonds. The molecule has 0 aromatic heterocycles. The molecule has 0 saturated heterocycles. The third kappa shape index (κ3) is 3.71. The van der Waals surface area contributed by atoms with Gasteiger partial charge in [-0.3, -0.25) is 4.79 Å². The summed E-state index contributed by atoms with van der Waals surface area (Å²) in [5.41, 5.74) is 0.572. The zero-order valence-electron chi connectivity index (χ0n) is 10.9. The Morgan fingerprint density at radius 2 is 1.85 bits per heavy atom. The van der Waals surface area contributed by atoms with Gasteiger partial charge in [0.2, 0.25) is 0 Å². The number of carbonyl (C=O) groups is 1. The Balaban J connectivity index is 1.91. The van der Waals surface area contributed by atoms with E-state index in [1.165, 1.54) is 31.4 Å². The molecule has 0 aliphatic rings. The summed E-state index contributed by atoms with van der Waals surface area (Å²) in [6.45, 7) is -0.163. The van der Waals surface area contributed by atoms with E-state index in [-0.39, 0.29) is 18.3 Å². The van der Waals surface area contributed by atoms with Crippen molar-refractivity contribution in [3.8, 4) is 11.5 Å². The van der Waals surface area contributed by atoms with E-state index in [1.54, 1.807) is 18.2 Å². The van der Waals surface area contributed by atoms with E-state index in [2.05, 4.69) is 5.32 Å². The molecule has 0 bridgehead atoms. The summed E-state index contributed by atoms with van der Waals surface area (Å²) in [5.74, 6) is 0.332. The summed E-state index contributed by atoms with van der Waals surface area (Å²) in [4.78, 5) is 11.8. The van der Waals surface area contributed by atoms with Crippen molar-refractivity contribution < 1.29 is 18.7 Å². The van der Waals surface area contributed by atoms with Crippen LogP contribution in [0.25, 0.3) is 0 Å². The summed E-state index contributed by atoms with van der Waals surface area (Å²) < 4.78 is 23.1. The van der Waals surface area contributed by atoms with Crippen molar-refractivity contribution in [1.82, 2.24) is 0 Å². The minimum Gasteiger partial charge on any atom is -0.495 e. The number of benzene rings is 2. The number of nitrogens with one attached hydrogen (secondary N) is 1. The molecule has 0 atom stereocenters. The van der Waals surface area contributed by atoms with Gasteiger partial charge in [0, 0.05) is 0 Å². The highest BCUT2D eigenvalue weighted by atomic mass is 19.1. The first-order valence-electron chi connectivity index (χ1n) is 6.00. The molecule has 0 saturated carbocycles. The largest absolute Gasteiger partial charge is 0.495 e. The molecule has 0 aliphatic heterocycles. The molecule has 20 heavy (non-hydrogen) atoms. The van der Waals surface area contributed by atoms with E-state index < -0.39 is 0 Å². The average molecular weight is 275 g/mol. The summed E-state index contributed by atoms with van der Waals surface area (Å²) in [7, 11) is 1.53. The second-order valence-electron chi connectivity index (χ2n) is 3.99. The number of halogens is 1. The number of para-hydroxylation sites is 2. The Labute approximate surface area is 116 Å². The van der Waals surface area contributed by atoms with Crippen molar-refractivity contribution in [3.05, 3.63) is 54.3 Å². The van der Waals surface area contributed by atoms with Crippen molar-refractivity contribution in [3.63, 3.8) is 0 Å². The van der Waals surface area contributed by atoms with Crippen LogP contribution in [-0.4, -0.2) is 19.6 Å². The minimum atomic E-state index is -0.351. The molecule has 2 aromatic carbocycles. The van der Waals surface area contributed by atoms with Gasteiger partial charge in [-0.1, -0.05) is 12.1 Å². The molecule has 0 unspecified atom stereocenters. The second-order valence-corrected chi connectivity index (χ2v) is 3.99. The maximum absolute atomic E-state index is 12.7. The number of amides is 1. The number of anilines is 1. The Kier molecular flexibility index (Phi) is 4.55. The molecule has 2 rings (SSSR count). The third-order valence-electron chi connectivity index (χ3n) is 2.56. The van der Waals surface area contributed by atoms with Gasteiger partial charge in [0.1, 0.15) is 17.3 Å². The Hall–Kier alpha value is -2.56. The van der Waals surface area contributed by atoms with Crippen LogP contribution in [-0.2, 0) is 4.79 Å². The molecular formula is C15H14FNO3. The van der Waals surface area contributed by atoms with Crippen LogP contribution in [0.3, 0.4) is 0 Å². The summed E-state index contributed by atoms with van der Waals surface area (Å²) in [6.07, 6.45) is 0. The monoisotopic (exact) mass is 275 g/mol. The Bertz CT molecular complexity index is 584.